The van der Waals surface area contributed by atoms with Gasteiger partial charge in [0.1, 0.15) is 5.82 Å². The van der Waals surface area contributed by atoms with Crippen molar-refractivity contribution in [2.75, 3.05) is 49.1 Å². The normalized spacial score (nSPS) is 21.5. The molecule has 0 bridgehead atoms. The molecule has 1 amide bonds. The second-order valence-electron chi connectivity index (χ2n) is 5.78. The number of carbonyl (C=O) groups excluding carboxylic acids is 1. The maximum Gasteiger partial charge on any atom is 0.224 e. The summed E-state index contributed by atoms with van der Waals surface area (Å²) < 4.78 is 4.25. The van der Waals surface area contributed by atoms with Crippen molar-refractivity contribution in [1.29, 1.82) is 0 Å². The van der Waals surface area contributed by atoms with E-state index in [1.165, 1.54) is 11.5 Å². The second kappa shape index (κ2) is 10.7. The zero-order chi connectivity index (χ0) is 15.4. The number of nitrogens with one attached hydrogen (secondary N) is 1. The molecule has 1 N–H and O–H groups in total. The van der Waals surface area contributed by atoms with Gasteiger partial charge in [-0.2, -0.15) is 16.1 Å². The summed E-state index contributed by atoms with van der Waals surface area (Å²) >= 11 is 3.39. The average molecular weight is 414 g/mol. The molecule has 3 heterocycles. The van der Waals surface area contributed by atoms with Crippen molar-refractivity contribution < 1.29 is 4.79 Å². The molecule has 138 valence electrons. The third-order valence-corrected chi connectivity index (χ3v) is 6.05. The van der Waals surface area contributed by atoms with Crippen LogP contribution in [0.3, 0.4) is 0 Å². The van der Waals surface area contributed by atoms with Gasteiger partial charge in [-0.3, -0.25) is 4.79 Å². The van der Waals surface area contributed by atoms with Crippen molar-refractivity contribution in [2.45, 2.75) is 25.8 Å². The number of thioether (sulfide) groups is 1. The molecule has 0 saturated carbocycles. The Balaban J connectivity index is 0.00000144. The number of rotatable bonds is 3. The van der Waals surface area contributed by atoms with Gasteiger partial charge in [0, 0.05) is 68.2 Å². The predicted molar refractivity (Wildman–Crippen MR) is 106 cm³/mol. The van der Waals surface area contributed by atoms with E-state index >= 15 is 0 Å². The molecule has 1 unspecified atom stereocenters. The van der Waals surface area contributed by atoms with E-state index in [9.17, 15) is 4.79 Å². The number of aromatic nitrogens is 2. The minimum Gasteiger partial charge on any atom is -0.345 e. The molecule has 10 heteroatoms. The monoisotopic (exact) mass is 413 g/mol. The first-order chi connectivity index (χ1) is 10.7. The SMILES string of the molecule is Cc1nsc(N2CCCN(C(=O)CC3CSCCN3)CC2)n1.Cl.Cl. The van der Waals surface area contributed by atoms with Gasteiger partial charge >= 0.3 is 0 Å². The zero-order valence-electron chi connectivity index (χ0n) is 13.8. The van der Waals surface area contributed by atoms with E-state index in [0.717, 1.165) is 61.6 Å². The van der Waals surface area contributed by atoms with Crippen molar-refractivity contribution in [1.82, 2.24) is 19.6 Å². The molecule has 2 saturated heterocycles. The maximum atomic E-state index is 12.5. The van der Waals surface area contributed by atoms with E-state index in [-0.39, 0.29) is 30.7 Å². The maximum absolute atomic E-state index is 12.5. The highest BCUT2D eigenvalue weighted by molar-refractivity contribution is 7.99. The average Bonchev–Trinajstić information content (AvgIpc) is 2.82. The topological polar surface area (TPSA) is 61.4 Å². The van der Waals surface area contributed by atoms with Crippen LogP contribution in [0.2, 0.25) is 0 Å². The molecule has 2 aliphatic rings. The van der Waals surface area contributed by atoms with Crippen LogP contribution in [0.5, 0.6) is 0 Å². The van der Waals surface area contributed by atoms with Gasteiger partial charge in [0.05, 0.1) is 0 Å². The Hall–Kier alpha value is -0.280. The lowest BCUT2D eigenvalue weighted by molar-refractivity contribution is -0.131. The Labute approximate surface area is 164 Å². The fourth-order valence-corrected chi connectivity index (χ4v) is 4.54. The number of carbonyl (C=O) groups is 1. The van der Waals surface area contributed by atoms with Gasteiger partial charge in [-0.1, -0.05) is 0 Å². The van der Waals surface area contributed by atoms with Crippen molar-refractivity contribution in [2.24, 2.45) is 0 Å². The van der Waals surface area contributed by atoms with Crippen molar-refractivity contribution in [3.05, 3.63) is 5.82 Å². The fourth-order valence-electron chi connectivity index (χ4n) is 2.86. The minimum atomic E-state index is 0. The lowest BCUT2D eigenvalue weighted by atomic mass is 10.2. The molecule has 0 spiro atoms. The van der Waals surface area contributed by atoms with Crippen LogP contribution in [-0.2, 0) is 4.79 Å². The van der Waals surface area contributed by atoms with Gasteiger partial charge in [-0.05, 0) is 13.3 Å². The number of aryl methyl sites for hydroxylation is 1. The Morgan fingerprint density at radius 1 is 1.29 bits per heavy atom. The number of hydrogen-bond donors (Lipinski definition) is 1. The van der Waals surface area contributed by atoms with Gasteiger partial charge in [0.25, 0.3) is 0 Å². The molecule has 0 radical (unpaired) electrons. The Bertz CT molecular complexity index is 513. The van der Waals surface area contributed by atoms with Crippen LogP contribution in [0.4, 0.5) is 5.13 Å². The summed E-state index contributed by atoms with van der Waals surface area (Å²) in [6.45, 7) is 6.39. The summed E-state index contributed by atoms with van der Waals surface area (Å²) in [7, 11) is 0. The molecule has 1 atom stereocenters. The number of halogens is 2. The van der Waals surface area contributed by atoms with Crippen LogP contribution in [0, 0.1) is 6.92 Å². The molecule has 0 aromatic carbocycles. The number of anilines is 1. The lowest BCUT2D eigenvalue weighted by Gasteiger charge is -2.26. The standard InChI is InChI=1S/C14H23N5OS2.2ClH/c1-11-16-14(22-17-11)19-5-2-4-18(6-7-19)13(20)9-12-10-21-8-3-15-12;;/h12,15H,2-10H2,1H3;2*1H. The van der Waals surface area contributed by atoms with Crippen LogP contribution in [0.1, 0.15) is 18.7 Å². The van der Waals surface area contributed by atoms with Gasteiger partial charge in [-0.25, -0.2) is 4.98 Å². The highest BCUT2D eigenvalue weighted by atomic mass is 35.5. The second-order valence-corrected chi connectivity index (χ2v) is 7.66. The minimum absolute atomic E-state index is 0. The Kier molecular flexibility index (Phi) is 9.66. The van der Waals surface area contributed by atoms with E-state index in [1.54, 1.807) is 0 Å². The zero-order valence-corrected chi connectivity index (χ0v) is 17.0. The summed E-state index contributed by atoms with van der Waals surface area (Å²) in [5.74, 6) is 3.33. The molecule has 3 rings (SSSR count). The number of amides is 1. The van der Waals surface area contributed by atoms with E-state index in [4.69, 9.17) is 0 Å². The highest BCUT2D eigenvalue weighted by Gasteiger charge is 2.24. The fraction of sp³-hybridized carbons (Fsp3) is 0.786. The highest BCUT2D eigenvalue weighted by Crippen LogP contribution is 2.19. The van der Waals surface area contributed by atoms with Crippen LogP contribution >= 0.6 is 48.1 Å². The van der Waals surface area contributed by atoms with E-state index < -0.39 is 0 Å². The molecule has 6 nitrogen and oxygen atoms in total. The molecule has 1 aromatic heterocycles. The van der Waals surface area contributed by atoms with Crippen LogP contribution in [0.15, 0.2) is 0 Å². The van der Waals surface area contributed by atoms with Gasteiger partial charge in [0.15, 0.2) is 0 Å². The lowest BCUT2D eigenvalue weighted by Crippen LogP contribution is -2.43. The van der Waals surface area contributed by atoms with Crippen LogP contribution in [-0.4, -0.2) is 70.4 Å². The van der Waals surface area contributed by atoms with Gasteiger partial charge in [-0.15, -0.1) is 24.8 Å². The third kappa shape index (κ3) is 5.91. The van der Waals surface area contributed by atoms with E-state index in [0.29, 0.717) is 12.5 Å². The third-order valence-electron chi connectivity index (χ3n) is 4.06. The number of hydrogen-bond acceptors (Lipinski definition) is 7. The number of nitrogens with zero attached hydrogens (tertiary/aromatic N) is 4. The summed E-state index contributed by atoms with van der Waals surface area (Å²) in [6, 6.07) is 0.344. The first kappa shape index (κ1) is 21.8. The Morgan fingerprint density at radius 2 is 2.12 bits per heavy atom. The molecule has 24 heavy (non-hydrogen) atoms. The summed E-state index contributed by atoms with van der Waals surface area (Å²) in [4.78, 5) is 21.2. The van der Waals surface area contributed by atoms with Crippen molar-refractivity contribution in [3.8, 4) is 0 Å². The Morgan fingerprint density at radius 3 is 2.79 bits per heavy atom. The first-order valence-electron chi connectivity index (χ1n) is 7.86. The van der Waals surface area contributed by atoms with Crippen molar-refractivity contribution >= 4 is 59.1 Å². The van der Waals surface area contributed by atoms with Gasteiger partial charge < -0.3 is 15.1 Å². The summed E-state index contributed by atoms with van der Waals surface area (Å²) in [5, 5.41) is 4.43. The molecular formula is C14H25Cl2N5OS2. The van der Waals surface area contributed by atoms with Crippen molar-refractivity contribution in [3.63, 3.8) is 0 Å². The predicted octanol–water partition coefficient (Wildman–Crippen LogP) is 1.82. The molecular weight excluding hydrogens is 389 g/mol. The summed E-state index contributed by atoms with van der Waals surface area (Å²) in [5.41, 5.74) is 0. The van der Waals surface area contributed by atoms with Crippen LogP contribution < -0.4 is 10.2 Å². The van der Waals surface area contributed by atoms with E-state index in [2.05, 4.69) is 19.6 Å². The van der Waals surface area contributed by atoms with Gasteiger partial charge in [0.2, 0.25) is 11.0 Å². The molecule has 0 aliphatic carbocycles. The quantitative estimate of drug-likeness (QED) is 0.815. The molecule has 1 aromatic rings. The smallest absolute Gasteiger partial charge is 0.224 e. The summed E-state index contributed by atoms with van der Waals surface area (Å²) in [6.07, 6.45) is 1.63. The molecule has 2 fully saturated rings. The van der Waals surface area contributed by atoms with Crippen LogP contribution in [0.25, 0.3) is 0 Å². The molecule has 2 aliphatic heterocycles. The van der Waals surface area contributed by atoms with E-state index in [1.807, 2.05) is 23.6 Å². The largest absolute Gasteiger partial charge is 0.345 e. The first-order valence-corrected chi connectivity index (χ1v) is 9.79.